The highest BCUT2D eigenvalue weighted by atomic mass is 35.5. The Labute approximate surface area is 111 Å². The Morgan fingerprint density at radius 2 is 2.12 bits per heavy atom. The Morgan fingerprint density at radius 3 is 2.71 bits per heavy atom. The van der Waals surface area contributed by atoms with Crippen LogP contribution in [0.15, 0.2) is 11.6 Å². The summed E-state index contributed by atoms with van der Waals surface area (Å²) in [6.07, 6.45) is 12.2. The van der Waals surface area contributed by atoms with Gasteiger partial charge < -0.3 is 0 Å². The van der Waals surface area contributed by atoms with Crippen molar-refractivity contribution >= 4 is 11.6 Å². The topological polar surface area (TPSA) is 0 Å². The van der Waals surface area contributed by atoms with Crippen LogP contribution in [0.4, 0.5) is 0 Å². The molecule has 0 heterocycles. The van der Waals surface area contributed by atoms with E-state index in [-0.39, 0.29) is 5.38 Å². The largest absolute Gasteiger partial charge is 0.118 e. The molecule has 0 spiro atoms. The summed E-state index contributed by atoms with van der Waals surface area (Å²) in [5.74, 6) is 3.13. The van der Waals surface area contributed by atoms with E-state index in [9.17, 15) is 0 Å². The zero-order valence-corrected chi connectivity index (χ0v) is 12.0. The highest BCUT2D eigenvalue weighted by molar-refractivity contribution is 6.21. The Hall–Kier alpha value is 0.0300. The Bertz CT molecular complexity index is 328. The van der Waals surface area contributed by atoms with Crippen LogP contribution < -0.4 is 0 Å². The van der Waals surface area contributed by atoms with Crippen LogP contribution in [0.3, 0.4) is 0 Å². The minimum atomic E-state index is 0.285. The third kappa shape index (κ3) is 2.57. The molecule has 3 aliphatic carbocycles. The standard InChI is InChI=1S/C16H25Cl/c1-16(2)9-12(8-15(17)10-16)7-14-6-11-3-4-13(14)5-11/h8,11,13-15H,3-7,9-10H2,1-2H3. The normalized spacial score (nSPS) is 43.8. The fourth-order valence-corrected chi connectivity index (χ4v) is 5.29. The van der Waals surface area contributed by atoms with E-state index < -0.39 is 0 Å². The predicted molar refractivity (Wildman–Crippen MR) is 74.3 cm³/mol. The van der Waals surface area contributed by atoms with Crippen LogP contribution >= 0.6 is 11.6 Å². The molecule has 3 aliphatic rings. The number of alkyl halides is 1. The van der Waals surface area contributed by atoms with Gasteiger partial charge in [0.25, 0.3) is 0 Å². The lowest BCUT2D eigenvalue weighted by Gasteiger charge is -2.34. The number of allylic oxidation sites excluding steroid dienone is 2. The molecule has 2 bridgehead atoms. The van der Waals surface area contributed by atoms with E-state index in [1.807, 2.05) is 0 Å². The highest BCUT2D eigenvalue weighted by Gasteiger charge is 2.40. The lowest BCUT2D eigenvalue weighted by atomic mass is 9.73. The van der Waals surface area contributed by atoms with Crippen molar-refractivity contribution in [3.05, 3.63) is 11.6 Å². The van der Waals surface area contributed by atoms with Crippen molar-refractivity contribution in [2.24, 2.45) is 23.2 Å². The molecule has 0 N–H and O–H groups in total. The quantitative estimate of drug-likeness (QED) is 0.470. The summed E-state index contributed by atoms with van der Waals surface area (Å²) in [6, 6.07) is 0. The summed E-state index contributed by atoms with van der Waals surface area (Å²) in [7, 11) is 0. The minimum Gasteiger partial charge on any atom is -0.118 e. The van der Waals surface area contributed by atoms with Gasteiger partial charge >= 0.3 is 0 Å². The number of halogens is 1. The molecule has 0 radical (unpaired) electrons. The van der Waals surface area contributed by atoms with Crippen LogP contribution in [0.25, 0.3) is 0 Å². The van der Waals surface area contributed by atoms with Gasteiger partial charge in [0, 0.05) is 0 Å². The average molecular weight is 253 g/mol. The van der Waals surface area contributed by atoms with E-state index in [0.29, 0.717) is 5.41 Å². The fourth-order valence-electron chi connectivity index (χ4n) is 4.69. The zero-order chi connectivity index (χ0) is 12.0. The molecule has 4 atom stereocenters. The number of hydrogen-bond donors (Lipinski definition) is 0. The molecule has 2 fully saturated rings. The van der Waals surface area contributed by atoms with Crippen LogP contribution in [0.5, 0.6) is 0 Å². The van der Waals surface area contributed by atoms with Gasteiger partial charge in [-0.15, -0.1) is 11.6 Å². The van der Waals surface area contributed by atoms with Crippen LogP contribution in [0.1, 0.15) is 58.8 Å². The summed E-state index contributed by atoms with van der Waals surface area (Å²) >= 11 is 6.38. The van der Waals surface area contributed by atoms with Crippen LogP contribution in [-0.2, 0) is 0 Å². The van der Waals surface area contributed by atoms with Gasteiger partial charge in [-0.3, -0.25) is 0 Å². The Morgan fingerprint density at radius 1 is 1.29 bits per heavy atom. The fraction of sp³-hybridized carbons (Fsp3) is 0.875. The molecule has 0 amide bonds. The van der Waals surface area contributed by atoms with Gasteiger partial charge in [0.15, 0.2) is 0 Å². The van der Waals surface area contributed by atoms with Gasteiger partial charge in [-0.25, -0.2) is 0 Å². The molecule has 4 unspecified atom stereocenters. The lowest BCUT2D eigenvalue weighted by molar-refractivity contribution is 0.288. The predicted octanol–water partition coefficient (Wildman–Crippen LogP) is 5.17. The molecule has 2 saturated carbocycles. The molecule has 0 aromatic heterocycles. The average Bonchev–Trinajstić information content (AvgIpc) is 2.74. The van der Waals surface area contributed by atoms with E-state index in [2.05, 4.69) is 19.9 Å². The lowest BCUT2D eigenvalue weighted by Crippen LogP contribution is -2.23. The van der Waals surface area contributed by atoms with Crippen molar-refractivity contribution in [3.8, 4) is 0 Å². The molecule has 0 aromatic rings. The third-order valence-corrected chi connectivity index (χ3v) is 5.56. The second-order valence-electron chi connectivity index (χ2n) is 7.53. The van der Waals surface area contributed by atoms with E-state index in [1.165, 1.54) is 38.5 Å². The zero-order valence-electron chi connectivity index (χ0n) is 11.2. The molecule has 1 heteroatoms. The van der Waals surface area contributed by atoms with E-state index in [0.717, 1.165) is 24.2 Å². The maximum Gasteiger partial charge on any atom is 0.0523 e. The monoisotopic (exact) mass is 252 g/mol. The molecule has 17 heavy (non-hydrogen) atoms. The first-order valence-electron chi connectivity index (χ1n) is 7.35. The summed E-state index contributed by atoms with van der Waals surface area (Å²) in [6.45, 7) is 4.74. The molecular formula is C16H25Cl. The Balaban J connectivity index is 1.65. The minimum absolute atomic E-state index is 0.285. The van der Waals surface area contributed by atoms with Gasteiger partial charge in [0.2, 0.25) is 0 Å². The summed E-state index contributed by atoms with van der Waals surface area (Å²) in [4.78, 5) is 0. The van der Waals surface area contributed by atoms with Crippen LogP contribution in [0, 0.1) is 23.2 Å². The van der Waals surface area contributed by atoms with Crippen molar-refractivity contribution in [2.75, 3.05) is 0 Å². The van der Waals surface area contributed by atoms with Gasteiger partial charge in [0.05, 0.1) is 5.38 Å². The van der Waals surface area contributed by atoms with Gasteiger partial charge in [0.1, 0.15) is 0 Å². The summed E-state index contributed by atoms with van der Waals surface area (Å²) < 4.78 is 0. The van der Waals surface area contributed by atoms with Crippen molar-refractivity contribution in [3.63, 3.8) is 0 Å². The van der Waals surface area contributed by atoms with Crippen molar-refractivity contribution in [2.45, 2.75) is 64.2 Å². The summed E-state index contributed by atoms with van der Waals surface area (Å²) in [5.41, 5.74) is 2.09. The van der Waals surface area contributed by atoms with Crippen molar-refractivity contribution < 1.29 is 0 Å². The van der Waals surface area contributed by atoms with E-state index in [4.69, 9.17) is 11.6 Å². The third-order valence-electron chi connectivity index (χ3n) is 5.28. The first kappa shape index (κ1) is 12.1. The second-order valence-corrected chi connectivity index (χ2v) is 8.09. The van der Waals surface area contributed by atoms with Crippen LogP contribution in [-0.4, -0.2) is 5.38 Å². The molecular weight excluding hydrogens is 228 g/mol. The maximum absolute atomic E-state index is 6.38. The molecule has 0 aliphatic heterocycles. The van der Waals surface area contributed by atoms with E-state index >= 15 is 0 Å². The maximum atomic E-state index is 6.38. The van der Waals surface area contributed by atoms with Gasteiger partial charge in [-0.1, -0.05) is 31.9 Å². The van der Waals surface area contributed by atoms with Crippen LogP contribution in [0.2, 0.25) is 0 Å². The summed E-state index contributed by atoms with van der Waals surface area (Å²) in [5, 5.41) is 0.285. The molecule has 0 nitrogen and oxygen atoms in total. The SMILES string of the molecule is CC1(C)CC(CC2CC3CCC2C3)=CC(Cl)C1. The molecule has 0 aromatic carbocycles. The molecule has 0 saturated heterocycles. The van der Waals surface area contributed by atoms with Crippen molar-refractivity contribution in [1.29, 1.82) is 0 Å². The van der Waals surface area contributed by atoms with Crippen molar-refractivity contribution in [1.82, 2.24) is 0 Å². The van der Waals surface area contributed by atoms with Gasteiger partial charge in [-0.2, -0.15) is 0 Å². The molecule has 96 valence electrons. The Kier molecular flexibility index (Phi) is 3.05. The number of fused-ring (bicyclic) bond motifs is 2. The smallest absolute Gasteiger partial charge is 0.0523 e. The highest BCUT2D eigenvalue weighted by Crippen LogP contribution is 2.51. The first-order valence-corrected chi connectivity index (χ1v) is 7.79. The first-order chi connectivity index (χ1) is 8.02. The van der Waals surface area contributed by atoms with Gasteiger partial charge in [-0.05, 0) is 61.7 Å². The second kappa shape index (κ2) is 4.30. The number of rotatable bonds is 2. The number of hydrogen-bond acceptors (Lipinski definition) is 0. The van der Waals surface area contributed by atoms with E-state index in [1.54, 1.807) is 5.57 Å². The molecule has 3 rings (SSSR count).